The summed E-state index contributed by atoms with van der Waals surface area (Å²) < 4.78 is 23.1. The van der Waals surface area contributed by atoms with Crippen LogP contribution in [-0.4, -0.2) is 68.9 Å². The summed E-state index contributed by atoms with van der Waals surface area (Å²) in [6, 6.07) is 0.693. The first kappa shape index (κ1) is 14.8. The molecule has 0 aromatic rings. The number of sulfone groups is 1. The Labute approximate surface area is 115 Å². The number of hydrogen-bond acceptors (Lipinski definition) is 4. The minimum Gasteiger partial charge on any atom is -0.344 e. The lowest BCUT2D eigenvalue weighted by molar-refractivity contribution is -0.134. The average molecular weight is 288 g/mol. The fourth-order valence-electron chi connectivity index (χ4n) is 2.65. The summed E-state index contributed by atoms with van der Waals surface area (Å²) in [5.74, 6) is -0.0537. The van der Waals surface area contributed by atoms with Gasteiger partial charge >= 0.3 is 0 Å². The largest absolute Gasteiger partial charge is 0.344 e. The van der Waals surface area contributed by atoms with Crippen LogP contribution < -0.4 is 0 Å². The van der Waals surface area contributed by atoms with Gasteiger partial charge in [0.15, 0.2) is 9.84 Å². The van der Waals surface area contributed by atoms with Gasteiger partial charge in [-0.05, 0) is 32.7 Å². The SMILES string of the molecule is CN(CCN(C)C1CC1)C(=O)C1CCCS(=O)(=O)C1. The number of carbonyl (C=O) groups is 1. The van der Waals surface area contributed by atoms with Crippen molar-refractivity contribution < 1.29 is 13.2 Å². The molecule has 0 aromatic heterocycles. The summed E-state index contributed by atoms with van der Waals surface area (Å²) in [5.41, 5.74) is 0. The molecule has 0 N–H and O–H groups in total. The van der Waals surface area contributed by atoms with Gasteiger partial charge in [-0.2, -0.15) is 0 Å². The van der Waals surface area contributed by atoms with Gasteiger partial charge in [0.2, 0.25) is 5.91 Å². The predicted octanol–water partition coefficient (Wildman–Crippen LogP) is 0.364. The zero-order chi connectivity index (χ0) is 14.0. The van der Waals surface area contributed by atoms with Crippen LogP contribution >= 0.6 is 0 Å². The molecule has 110 valence electrons. The molecule has 1 atom stereocenters. The van der Waals surface area contributed by atoms with Gasteiger partial charge in [-0.15, -0.1) is 0 Å². The summed E-state index contributed by atoms with van der Waals surface area (Å²) >= 11 is 0. The van der Waals surface area contributed by atoms with Crippen LogP contribution in [0.1, 0.15) is 25.7 Å². The molecule has 1 unspecified atom stereocenters. The highest BCUT2D eigenvalue weighted by molar-refractivity contribution is 7.91. The molecule has 1 aliphatic heterocycles. The second-order valence-corrected chi connectivity index (χ2v) is 8.15. The first-order valence-electron chi connectivity index (χ1n) is 7.05. The van der Waals surface area contributed by atoms with E-state index >= 15 is 0 Å². The van der Waals surface area contributed by atoms with Crippen molar-refractivity contribution in [2.75, 3.05) is 38.7 Å². The molecule has 0 bridgehead atoms. The fourth-order valence-corrected chi connectivity index (χ4v) is 4.34. The standard InChI is InChI=1S/C13H24N2O3S/c1-14(12-5-6-12)7-8-15(2)13(16)11-4-3-9-19(17,18)10-11/h11-12H,3-10H2,1-2H3. The molecule has 6 heteroatoms. The Morgan fingerprint density at radius 2 is 1.84 bits per heavy atom. The molecule has 2 aliphatic rings. The molecule has 0 aromatic carbocycles. The third-order valence-electron chi connectivity index (χ3n) is 4.15. The molecule has 1 heterocycles. The predicted molar refractivity (Wildman–Crippen MR) is 74.7 cm³/mol. The lowest BCUT2D eigenvalue weighted by Gasteiger charge is -2.27. The van der Waals surface area contributed by atoms with E-state index in [2.05, 4.69) is 11.9 Å². The highest BCUT2D eigenvalue weighted by Crippen LogP contribution is 2.25. The summed E-state index contributed by atoms with van der Waals surface area (Å²) in [6.45, 7) is 1.55. The van der Waals surface area contributed by atoms with Gasteiger partial charge in [-0.3, -0.25) is 4.79 Å². The van der Waals surface area contributed by atoms with Crippen LogP contribution in [0.4, 0.5) is 0 Å². The van der Waals surface area contributed by atoms with Crippen molar-refractivity contribution in [3.05, 3.63) is 0 Å². The summed E-state index contributed by atoms with van der Waals surface area (Å²) in [4.78, 5) is 16.2. The van der Waals surface area contributed by atoms with Crippen molar-refractivity contribution in [1.29, 1.82) is 0 Å². The Hall–Kier alpha value is -0.620. The first-order valence-corrected chi connectivity index (χ1v) is 8.87. The number of hydrogen-bond donors (Lipinski definition) is 0. The van der Waals surface area contributed by atoms with Gasteiger partial charge in [-0.25, -0.2) is 8.42 Å². The molecule has 0 radical (unpaired) electrons. The molecule has 2 fully saturated rings. The van der Waals surface area contributed by atoms with E-state index in [-0.39, 0.29) is 23.3 Å². The van der Waals surface area contributed by atoms with Gasteiger partial charge < -0.3 is 9.80 Å². The summed E-state index contributed by atoms with van der Waals surface area (Å²) in [6.07, 6.45) is 3.85. The normalized spacial score (nSPS) is 26.4. The number of likely N-dealkylation sites (N-methyl/N-ethyl adjacent to an activating group) is 2. The van der Waals surface area contributed by atoms with Crippen LogP contribution in [0.15, 0.2) is 0 Å². The Bertz CT molecular complexity index is 431. The molecule has 0 spiro atoms. The maximum absolute atomic E-state index is 12.2. The lowest BCUT2D eigenvalue weighted by Crippen LogP contribution is -2.42. The summed E-state index contributed by atoms with van der Waals surface area (Å²) in [5, 5.41) is 0. The molecular weight excluding hydrogens is 264 g/mol. The Balaban J connectivity index is 1.80. The Kier molecular flexibility index (Phi) is 4.50. The third-order valence-corrected chi connectivity index (χ3v) is 5.97. The highest BCUT2D eigenvalue weighted by atomic mass is 32.2. The molecule has 1 saturated heterocycles. The smallest absolute Gasteiger partial charge is 0.226 e. The Morgan fingerprint density at radius 3 is 2.42 bits per heavy atom. The second kappa shape index (κ2) is 5.79. The van der Waals surface area contributed by atoms with Crippen molar-refractivity contribution in [2.24, 2.45) is 5.92 Å². The molecule has 1 saturated carbocycles. The number of carbonyl (C=O) groups excluding carboxylic acids is 1. The maximum Gasteiger partial charge on any atom is 0.226 e. The number of rotatable bonds is 5. The monoisotopic (exact) mass is 288 g/mol. The van der Waals surface area contributed by atoms with Crippen molar-refractivity contribution in [3.8, 4) is 0 Å². The minimum atomic E-state index is -3.00. The van der Waals surface area contributed by atoms with E-state index in [9.17, 15) is 13.2 Å². The number of nitrogens with zero attached hydrogens (tertiary/aromatic N) is 2. The molecule has 5 nitrogen and oxygen atoms in total. The van der Waals surface area contributed by atoms with E-state index in [1.54, 1.807) is 11.9 Å². The van der Waals surface area contributed by atoms with Crippen LogP contribution in [0.25, 0.3) is 0 Å². The van der Waals surface area contributed by atoms with Crippen LogP contribution in [-0.2, 0) is 14.6 Å². The minimum absolute atomic E-state index is 0.00697. The van der Waals surface area contributed by atoms with Gasteiger partial charge in [0.25, 0.3) is 0 Å². The lowest BCUT2D eigenvalue weighted by atomic mass is 10.0. The van der Waals surface area contributed by atoms with E-state index in [0.29, 0.717) is 25.4 Å². The zero-order valence-corrected chi connectivity index (χ0v) is 12.7. The van der Waals surface area contributed by atoms with Gasteiger partial charge in [0.05, 0.1) is 17.4 Å². The van der Waals surface area contributed by atoms with Gasteiger partial charge in [-0.1, -0.05) is 0 Å². The summed E-state index contributed by atoms with van der Waals surface area (Å²) in [7, 11) is 0.863. The van der Waals surface area contributed by atoms with E-state index in [1.807, 2.05) is 0 Å². The Morgan fingerprint density at radius 1 is 1.16 bits per heavy atom. The van der Waals surface area contributed by atoms with Crippen molar-refractivity contribution in [2.45, 2.75) is 31.7 Å². The van der Waals surface area contributed by atoms with Crippen LogP contribution in [0.5, 0.6) is 0 Å². The van der Waals surface area contributed by atoms with Crippen LogP contribution in [0.3, 0.4) is 0 Å². The molecule has 2 rings (SSSR count). The topological polar surface area (TPSA) is 57.7 Å². The van der Waals surface area contributed by atoms with E-state index in [1.165, 1.54) is 12.8 Å². The van der Waals surface area contributed by atoms with Crippen molar-refractivity contribution in [1.82, 2.24) is 9.80 Å². The van der Waals surface area contributed by atoms with Gasteiger partial charge in [0.1, 0.15) is 0 Å². The van der Waals surface area contributed by atoms with Crippen molar-refractivity contribution in [3.63, 3.8) is 0 Å². The van der Waals surface area contributed by atoms with Crippen molar-refractivity contribution >= 4 is 15.7 Å². The van der Waals surface area contributed by atoms with Crippen LogP contribution in [0, 0.1) is 5.92 Å². The molecule has 19 heavy (non-hydrogen) atoms. The third kappa shape index (κ3) is 4.18. The first-order chi connectivity index (χ1) is 8.89. The van der Waals surface area contributed by atoms with Gasteiger partial charge in [0, 0.05) is 26.2 Å². The maximum atomic E-state index is 12.2. The fraction of sp³-hybridized carbons (Fsp3) is 0.923. The zero-order valence-electron chi connectivity index (χ0n) is 11.8. The number of amides is 1. The molecule has 1 aliphatic carbocycles. The van der Waals surface area contributed by atoms with E-state index < -0.39 is 9.84 Å². The highest BCUT2D eigenvalue weighted by Gasteiger charge is 2.32. The molecular formula is C13H24N2O3S. The van der Waals surface area contributed by atoms with Crippen LogP contribution in [0.2, 0.25) is 0 Å². The average Bonchev–Trinajstić information content (AvgIpc) is 3.17. The second-order valence-electron chi connectivity index (χ2n) is 5.93. The van der Waals surface area contributed by atoms with E-state index in [0.717, 1.165) is 6.54 Å². The molecule has 1 amide bonds. The van der Waals surface area contributed by atoms with E-state index in [4.69, 9.17) is 0 Å². The quantitative estimate of drug-likeness (QED) is 0.733.